The molecule has 25 heavy (non-hydrogen) atoms. The van der Waals surface area contributed by atoms with Crippen LogP contribution in [-0.4, -0.2) is 15.7 Å². The first kappa shape index (κ1) is 16.8. The van der Waals surface area contributed by atoms with Crippen LogP contribution in [0.1, 0.15) is 24.5 Å². The summed E-state index contributed by atoms with van der Waals surface area (Å²) in [6.45, 7) is 3.28. The molecule has 0 saturated heterocycles. The fourth-order valence-corrected chi connectivity index (χ4v) is 2.52. The second-order valence-electron chi connectivity index (χ2n) is 5.87. The topological polar surface area (TPSA) is 59.0 Å². The summed E-state index contributed by atoms with van der Waals surface area (Å²) in [4.78, 5) is 11.5. The number of carbonyl (C=O) groups excluding carboxylic acids is 1. The molecule has 0 aliphatic heterocycles. The van der Waals surface area contributed by atoms with Gasteiger partial charge in [-0.1, -0.05) is 43.3 Å². The van der Waals surface area contributed by atoms with Crippen LogP contribution in [0.3, 0.4) is 0 Å². The highest BCUT2D eigenvalue weighted by Crippen LogP contribution is 2.16. The number of nitrogens with one attached hydrogen (secondary N) is 2. The molecule has 0 saturated carbocycles. The summed E-state index contributed by atoms with van der Waals surface area (Å²) in [5.41, 5.74) is 4.10. The van der Waals surface area contributed by atoms with Gasteiger partial charge in [0.1, 0.15) is 0 Å². The summed E-state index contributed by atoms with van der Waals surface area (Å²) >= 11 is 0. The molecule has 0 aliphatic rings. The normalized spacial score (nSPS) is 10.4. The van der Waals surface area contributed by atoms with Gasteiger partial charge in [0, 0.05) is 36.1 Å². The Morgan fingerprint density at radius 3 is 2.64 bits per heavy atom. The van der Waals surface area contributed by atoms with Crippen LogP contribution in [0.5, 0.6) is 0 Å². The summed E-state index contributed by atoms with van der Waals surface area (Å²) in [7, 11) is 0. The van der Waals surface area contributed by atoms with Crippen molar-refractivity contribution in [3.63, 3.8) is 0 Å². The van der Waals surface area contributed by atoms with Gasteiger partial charge >= 0.3 is 0 Å². The second kappa shape index (κ2) is 8.15. The predicted molar refractivity (Wildman–Crippen MR) is 100 cm³/mol. The molecule has 3 rings (SSSR count). The molecule has 1 amide bonds. The van der Waals surface area contributed by atoms with Gasteiger partial charge in [0.25, 0.3) is 0 Å². The molecule has 0 atom stereocenters. The van der Waals surface area contributed by atoms with Gasteiger partial charge in [0.15, 0.2) is 0 Å². The molecule has 2 aromatic carbocycles. The van der Waals surface area contributed by atoms with E-state index < -0.39 is 0 Å². The Morgan fingerprint density at radius 2 is 1.84 bits per heavy atom. The van der Waals surface area contributed by atoms with Crippen molar-refractivity contribution < 1.29 is 4.79 Å². The van der Waals surface area contributed by atoms with Gasteiger partial charge in [-0.05, 0) is 23.8 Å². The number of aromatic nitrogens is 2. The number of benzene rings is 2. The van der Waals surface area contributed by atoms with Crippen molar-refractivity contribution in [1.82, 2.24) is 9.78 Å². The first-order chi connectivity index (χ1) is 12.2. The van der Waals surface area contributed by atoms with Crippen molar-refractivity contribution in [1.29, 1.82) is 0 Å². The van der Waals surface area contributed by atoms with E-state index in [0.717, 1.165) is 23.5 Å². The van der Waals surface area contributed by atoms with Crippen molar-refractivity contribution in [2.45, 2.75) is 26.4 Å². The van der Waals surface area contributed by atoms with Gasteiger partial charge in [-0.15, -0.1) is 0 Å². The van der Waals surface area contributed by atoms with E-state index in [9.17, 15) is 4.79 Å². The average Bonchev–Trinajstić information content (AvgIpc) is 3.08. The quantitative estimate of drug-likeness (QED) is 0.689. The molecule has 1 heterocycles. The Morgan fingerprint density at radius 1 is 1.04 bits per heavy atom. The molecule has 0 bridgehead atoms. The Kier molecular flexibility index (Phi) is 5.46. The van der Waals surface area contributed by atoms with Crippen LogP contribution >= 0.6 is 0 Å². The highest BCUT2D eigenvalue weighted by molar-refractivity contribution is 5.90. The van der Waals surface area contributed by atoms with Crippen LogP contribution in [0, 0.1) is 0 Å². The number of hydrogen-bond acceptors (Lipinski definition) is 3. The molecule has 5 nitrogen and oxygen atoms in total. The molecule has 5 heteroatoms. The zero-order valence-electron chi connectivity index (χ0n) is 14.3. The Labute approximate surface area is 147 Å². The average molecular weight is 334 g/mol. The maximum Gasteiger partial charge on any atom is 0.224 e. The molecule has 0 unspecified atom stereocenters. The van der Waals surface area contributed by atoms with Gasteiger partial charge in [-0.25, -0.2) is 0 Å². The lowest BCUT2D eigenvalue weighted by Crippen LogP contribution is -2.09. The van der Waals surface area contributed by atoms with E-state index in [0.29, 0.717) is 13.0 Å². The fourth-order valence-electron chi connectivity index (χ4n) is 2.52. The minimum atomic E-state index is 0.0133. The first-order valence-corrected chi connectivity index (χ1v) is 8.42. The Bertz CT molecular complexity index is 826. The molecule has 2 N–H and O–H groups in total. The molecule has 0 spiro atoms. The minimum Gasteiger partial charge on any atom is -0.381 e. The Balaban J connectivity index is 1.57. The number of amides is 1. The van der Waals surface area contributed by atoms with Crippen LogP contribution in [0.4, 0.5) is 11.4 Å². The van der Waals surface area contributed by atoms with Gasteiger partial charge in [0.2, 0.25) is 5.91 Å². The van der Waals surface area contributed by atoms with Crippen molar-refractivity contribution in [2.75, 3.05) is 10.6 Å². The van der Waals surface area contributed by atoms with Crippen molar-refractivity contribution >= 4 is 17.3 Å². The summed E-state index contributed by atoms with van der Waals surface area (Å²) in [5.74, 6) is 0.0133. The summed E-state index contributed by atoms with van der Waals surface area (Å²) in [6.07, 6.45) is 4.39. The molecule has 0 fully saturated rings. The molecular formula is C20H22N4O. The van der Waals surface area contributed by atoms with Crippen LogP contribution in [0.15, 0.2) is 67.0 Å². The van der Waals surface area contributed by atoms with Crippen LogP contribution in [-0.2, 0) is 17.9 Å². The predicted octanol–water partition coefficient (Wildman–Crippen LogP) is 3.89. The van der Waals surface area contributed by atoms with Crippen LogP contribution < -0.4 is 10.6 Å². The molecule has 128 valence electrons. The van der Waals surface area contributed by atoms with Gasteiger partial charge in [-0.2, -0.15) is 5.10 Å². The van der Waals surface area contributed by atoms with Gasteiger partial charge in [0.05, 0.1) is 12.7 Å². The monoisotopic (exact) mass is 334 g/mol. The van der Waals surface area contributed by atoms with E-state index in [-0.39, 0.29) is 5.91 Å². The largest absolute Gasteiger partial charge is 0.381 e. The van der Waals surface area contributed by atoms with Gasteiger partial charge in [-0.3, -0.25) is 9.48 Å². The van der Waals surface area contributed by atoms with E-state index in [1.54, 1.807) is 0 Å². The summed E-state index contributed by atoms with van der Waals surface area (Å²) < 4.78 is 1.93. The third-order valence-electron chi connectivity index (χ3n) is 3.84. The molecule has 3 aromatic rings. The highest BCUT2D eigenvalue weighted by atomic mass is 16.1. The standard InChI is InChI=1S/C20H22N4O/c1-2-20(25)23-19-10-6-9-18(11-19)21-12-17-13-22-24(15-17)14-16-7-4-3-5-8-16/h3-11,13,15,21H,2,12,14H2,1H3,(H,23,25). The van der Waals surface area contributed by atoms with Crippen molar-refractivity contribution in [3.8, 4) is 0 Å². The van der Waals surface area contributed by atoms with E-state index >= 15 is 0 Å². The second-order valence-corrected chi connectivity index (χ2v) is 5.87. The lowest BCUT2D eigenvalue weighted by atomic mass is 10.2. The number of hydrogen-bond donors (Lipinski definition) is 2. The van der Waals surface area contributed by atoms with Crippen molar-refractivity contribution in [2.24, 2.45) is 0 Å². The van der Waals surface area contributed by atoms with Gasteiger partial charge < -0.3 is 10.6 Å². The summed E-state index contributed by atoms with van der Waals surface area (Å²) in [5, 5.41) is 10.6. The number of anilines is 2. The number of rotatable bonds is 7. The van der Waals surface area contributed by atoms with E-state index in [4.69, 9.17) is 0 Å². The smallest absolute Gasteiger partial charge is 0.224 e. The first-order valence-electron chi connectivity index (χ1n) is 8.42. The van der Waals surface area contributed by atoms with E-state index in [1.165, 1.54) is 5.56 Å². The minimum absolute atomic E-state index is 0.0133. The molecule has 0 aliphatic carbocycles. The molecular weight excluding hydrogens is 312 g/mol. The fraction of sp³-hybridized carbons (Fsp3) is 0.200. The molecule has 0 radical (unpaired) electrons. The van der Waals surface area contributed by atoms with Crippen LogP contribution in [0.25, 0.3) is 0 Å². The zero-order valence-corrected chi connectivity index (χ0v) is 14.3. The SMILES string of the molecule is CCC(=O)Nc1cccc(NCc2cnn(Cc3ccccc3)c2)c1. The number of carbonyl (C=O) groups is 1. The summed E-state index contributed by atoms with van der Waals surface area (Å²) in [6, 6.07) is 18.0. The molecule has 1 aromatic heterocycles. The Hall–Kier alpha value is -3.08. The van der Waals surface area contributed by atoms with Crippen LogP contribution in [0.2, 0.25) is 0 Å². The van der Waals surface area contributed by atoms with E-state index in [1.807, 2.05) is 66.5 Å². The van der Waals surface area contributed by atoms with Crippen molar-refractivity contribution in [3.05, 3.63) is 78.1 Å². The lowest BCUT2D eigenvalue weighted by Gasteiger charge is -2.08. The maximum atomic E-state index is 11.5. The number of nitrogens with zero attached hydrogens (tertiary/aromatic N) is 2. The highest BCUT2D eigenvalue weighted by Gasteiger charge is 2.02. The third-order valence-corrected chi connectivity index (χ3v) is 3.84. The lowest BCUT2D eigenvalue weighted by molar-refractivity contribution is -0.115. The maximum absolute atomic E-state index is 11.5. The van der Waals surface area contributed by atoms with E-state index in [2.05, 4.69) is 27.9 Å². The zero-order chi connectivity index (χ0) is 17.5. The third kappa shape index (κ3) is 4.94.